The molecule has 0 spiro atoms. The minimum Gasteiger partial charge on any atom is -0.392 e. The second kappa shape index (κ2) is 5.36. The first-order valence-electron chi connectivity index (χ1n) is 6.14. The van der Waals surface area contributed by atoms with Gasteiger partial charge in [-0.05, 0) is 19.1 Å². The van der Waals surface area contributed by atoms with Gasteiger partial charge in [0, 0.05) is 18.2 Å². The van der Waals surface area contributed by atoms with Gasteiger partial charge in [0.05, 0.1) is 32.0 Å². The molecule has 3 nitrogen and oxygen atoms in total. The predicted molar refractivity (Wildman–Crippen MR) is 79.9 cm³/mol. The van der Waals surface area contributed by atoms with Crippen LogP contribution < -0.4 is 0 Å². The SMILES string of the molecule is Cc1nc(CC(O)Cc2nc3ccccc3s2)cs1. The van der Waals surface area contributed by atoms with Crippen molar-refractivity contribution in [3.05, 3.63) is 45.4 Å². The van der Waals surface area contributed by atoms with E-state index in [1.54, 1.807) is 22.7 Å². The average molecular weight is 290 g/mol. The Bertz CT molecular complexity index is 656. The summed E-state index contributed by atoms with van der Waals surface area (Å²) in [4.78, 5) is 8.92. The molecular weight excluding hydrogens is 276 g/mol. The molecule has 2 aromatic heterocycles. The molecule has 19 heavy (non-hydrogen) atoms. The van der Waals surface area contributed by atoms with Crippen LogP contribution in [0.1, 0.15) is 15.7 Å². The summed E-state index contributed by atoms with van der Waals surface area (Å²) in [5.41, 5.74) is 1.98. The molecule has 1 unspecified atom stereocenters. The number of hydrogen-bond donors (Lipinski definition) is 1. The Kier molecular flexibility index (Phi) is 3.59. The van der Waals surface area contributed by atoms with Crippen molar-refractivity contribution >= 4 is 32.9 Å². The second-order valence-corrected chi connectivity index (χ2v) is 6.67. The second-order valence-electron chi connectivity index (χ2n) is 4.50. The zero-order valence-corrected chi connectivity index (χ0v) is 12.2. The monoisotopic (exact) mass is 290 g/mol. The summed E-state index contributed by atoms with van der Waals surface area (Å²) < 4.78 is 1.18. The molecule has 0 bridgehead atoms. The molecule has 5 heteroatoms. The van der Waals surface area contributed by atoms with Gasteiger partial charge in [-0.15, -0.1) is 22.7 Å². The van der Waals surface area contributed by atoms with E-state index in [0.29, 0.717) is 12.8 Å². The molecule has 0 saturated heterocycles. The number of aryl methyl sites for hydroxylation is 1. The van der Waals surface area contributed by atoms with Crippen LogP contribution in [-0.2, 0) is 12.8 Å². The number of para-hydroxylation sites is 1. The number of nitrogens with zero attached hydrogens (tertiary/aromatic N) is 2. The average Bonchev–Trinajstić information content (AvgIpc) is 2.94. The van der Waals surface area contributed by atoms with Gasteiger partial charge < -0.3 is 5.11 Å². The molecule has 0 amide bonds. The molecule has 0 radical (unpaired) electrons. The van der Waals surface area contributed by atoms with Gasteiger partial charge in [-0.2, -0.15) is 0 Å². The molecule has 0 saturated carbocycles. The Balaban J connectivity index is 1.70. The van der Waals surface area contributed by atoms with Crippen LogP contribution in [0.15, 0.2) is 29.6 Å². The number of aliphatic hydroxyl groups is 1. The minimum atomic E-state index is -0.415. The Morgan fingerprint density at radius 1 is 1.21 bits per heavy atom. The van der Waals surface area contributed by atoms with Crippen LogP contribution in [0.4, 0.5) is 0 Å². The first kappa shape index (κ1) is 12.7. The van der Waals surface area contributed by atoms with Crippen molar-refractivity contribution in [1.82, 2.24) is 9.97 Å². The summed E-state index contributed by atoms with van der Waals surface area (Å²) in [5.74, 6) is 0. The molecule has 3 rings (SSSR count). The number of hydrogen-bond acceptors (Lipinski definition) is 5. The van der Waals surface area contributed by atoms with Gasteiger partial charge in [0.15, 0.2) is 0 Å². The molecule has 1 aromatic carbocycles. The third-order valence-corrected chi connectivity index (χ3v) is 4.74. The predicted octanol–water partition coefficient (Wildman–Crippen LogP) is 3.21. The summed E-state index contributed by atoms with van der Waals surface area (Å²) in [6.45, 7) is 1.98. The molecule has 1 atom stereocenters. The molecule has 0 fully saturated rings. The Hall–Kier alpha value is -1.30. The van der Waals surface area contributed by atoms with Gasteiger partial charge in [-0.1, -0.05) is 12.1 Å². The van der Waals surface area contributed by atoms with Crippen molar-refractivity contribution in [3.8, 4) is 0 Å². The fourth-order valence-corrected chi connectivity index (χ4v) is 3.69. The molecule has 1 N–H and O–H groups in total. The summed E-state index contributed by atoms with van der Waals surface area (Å²) in [5, 5.41) is 14.2. The Labute approximate surface area is 119 Å². The van der Waals surface area contributed by atoms with Crippen LogP contribution in [0.25, 0.3) is 10.2 Å². The summed E-state index contributed by atoms with van der Waals surface area (Å²) >= 11 is 3.27. The topological polar surface area (TPSA) is 46.0 Å². The molecule has 2 heterocycles. The maximum absolute atomic E-state index is 10.1. The van der Waals surface area contributed by atoms with Gasteiger partial charge in [-0.3, -0.25) is 0 Å². The molecule has 3 aromatic rings. The highest BCUT2D eigenvalue weighted by Gasteiger charge is 2.12. The van der Waals surface area contributed by atoms with Crippen molar-refractivity contribution in [2.24, 2.45) is 0 Å². The van der Waals surface area contributed by atoms with Crippen LogP contribution in [0.2, 0.25) is 0 Å². The number of benzene rings is 1. The molecule has 0 aliphatic carbocycles. The van der Waals surface area contributed by atoms with E-state index < -0.39 is 6.10 Å². The van der Waals surface area contributed by atoms with Crippen LogP contribution in [-0.4, -0.2) is 21.2 Å². The van der Waals surface area contributed by atoms with E-state index in [-0.39, 0.29) is 0 Å². The number of aliphatic hydroxyl groups excluding tert-OH is 1. The van der Waals surface area contributed by atoms with Crippen molar-refractivity contribution in [2.75, 3.05) is 0 Å². The van der Waals surface area contributed by atoms with E-state index in [0.717, 1.165) is 21.2 Å². The summed E-state index contributed by atoms with van der Waals surface area (Å²) in [6, 6.07) is 8.07. The number of fused-ring (bicyclic) bond motifs is 1. The lowest BCUT2D eigenvalue weighted by Gasteiger charge is -2.05. The molecule has 98 valence electrons. The van der Waals surface area contributed by atoms with Crippen molar-refractivity contribution in [3.63, 3.8) is 0 Å². The van der Waals surface area contributed by atoms with Crippen LogP contribution >= 0.6 is 22.7 Å². The third kappa shape index (κ3) is 3.00. The lowest BCUT2D eigenvalue weighted by atomic mass is 10.1. The lowest BCUT2D eigenvalue weighted by molar-refractivity contribution is 0.174. The van der Waals surface area contributed by atoms with Crippen molar-refractivity contribution in [1.29, 1.82) is 0 Å². The number of aromatic nitrogens is 2. The maximum Gasteiger partial charge on any atom is 0.0964 e. The molecule has 0 aliphatic rings. The highest BCUT2D eigenvalue weighted by molar-refractivity contribution is 7.18. The summed E-state index contributed by atoms with van der Waals surface area (Å²) in [6.07, 6.45) is 0.776. The quantitative estimate of drug-likeness (QED) is 0.802. The largest absolute Gasteiger partial charge is 0.392 e. The highest BCUT2D eigenvalue weighted by atomic mass is 32.1. The number of rotatable bonds is 4. The smallest absolute Gasteiger partial charge is 0.0964 e. The first-order valence-corrected chi connectivity index (χ1v) is 7.84. The number of thiazole rings is 2. The van der Waals surface area contributed by atoms with E-state index in [4.69, 9.17) is 0 Å². The fraction of sp³-hybridized carbons (Fsp3) is 0.286. The van der Waals surface area contributed by atoms with Gasteiger partial charge in [-0.25, -0.2) is 9.97 Å². The highest BCUT2D eigenvalue weighted by Crippen LogP contribution is 2.23. The Morgan fingerprint density at radius 2 is 2.05 bits per heavy atom. The van der Waals surface area contributed by atoms with Gasteiger partial charge in [0.25, 0.3) is 0 Å². The Morgan fingerprint density at radius 3 is 2.79 bits per heavy atom. The van der Waals surface area contributed by atoms with Crippen LogP contribution in [0.5, 0.6) is 0 Å². The standard InChI is InChI=1S/C14H14N2OS2/c1-9-15-10(8-18-9)6-11(17)7-14-16-12-4-2-3-5-13(12)19-14/h2-5,8,11,17H,6-7H2,1H3. The maximum atomic E-state index is 10.1. The van der Waals surface area contributed by atoms with Crippen molar-refractivity contribution in [2.45, 2.75) is 25.9 Å². The van der Waals surface area contributed by atoms with Gasteiger partial charge in [0.1, 0.15) is 0 Å². The van der Waals surface area contributed by atoms with E-state index in [1.807, 2.05) is 30.5 Å². The first-order chi connectivity index (χ1) is 9.20. The zero-order valence-electron chi connectivity index (χ0n) is 10.5. The van der Waals surface area contributed by atoms with E-state index in [2.05, 4.69) is 16.0 Å². The van der Waals surface area contributed by atoms with Crippen LogP contribution in [0, 0.1) is 6.92 Å². The zero-order chi connectivity index (χ0) is 13.2. The lowest BCUT2D eigenvalue weighted by Crippen LogP contribution is -2.14. The van der Waals surface area contributed by atoms with E-state index in [9.17, 15) is 5.11 Å². The van der Waals surface area contributed by atoms with Gasteiger partial charge in [0.2, 0.25) is 0 Å². The van der Waals surface area contributed by atoms with Crippen molar-refractivity contribution < 1.29 is 5.11 Å². The van der Waals surface area contributed by atoms with Gasteiger partial charge >= 0.3 is 0 Å². The summed E-state index contributed by atoms with van der Waals surface area (Å²) in [7, 11) is 0. The van der Waals surface area contributed by atoms with Crippen LogP contribution in [0.3, 0.4) is 0 Å². The fourth-order valence-electron chi connectivity index (χ4n) is 2.02. The van der Waals surface area contributed by atoms with E-state index >= 15 is 0 Å². The minimum absolute atomic E-state index is 0.415. The molecular formula is C14H14N2OS2. The molecule has 0 aliphatic heterocycles. The third-order valence-electron chi connectivity index (χ3n) is 2.86. The van der Waals surface area contributed by atoms with E-state index in [1.165, 1.54) is 4.70 Å². The normalized spacial score (nSPS) is 12.9.